The first-order valence-corrected chi connectivity index (χ1v) is 6.00. The Morgan fingerprint density at radius 2 is 1.75 bits per heavy atom. The minimum atomic E-state index is -0.488. The fourth-order valence-electron chi connectivity index (χ4n) is 1.55. The van der Waals surface area contributed by atoms with E-state index in [2.05, 4.69) is 0 Å². The molecule has 0 heterocycles. The Labute approximate surface area is 116 Å². The molecule has 0 aliphatic heterocycles. The van der Waals surface area contributed by atoms with Crippen LogP contribution in [0.5, 0.6) is 17.2 Å². The second kappa shape index (κ2) is 6.47. The number of rotatable bonds is 5. The molecule has 0 saturated heterocycles. The molecule has 5 heteroatoms. The van der Waals surface area contributed by atoms with Gasteiger partial charge in [-0.3, -0.25) is 0 Å². The highest BCUT2D eigenvalue weighted by Gasteiger charge is 2.06. The fourth-order valence-corrected chi connectivity index (χ4v) is 1.55. The van der Waals surface area contributed by atoms with E-state index >= 15 is 0 Å². The van der Waals surface area contributed by atoms with Gasteiger partial charge in [-0.15, -0.1) is 0 Å². The van der Waals surface area contributed by atoms with E-state index in [4.69, 9.17) is 19.9 Å². The van der Waals surface area contributed by atoms with Crippen LogP contribution < -0.4 is 19.9 Å². The first-order valence-electron chi connectivity index (χ1n) is 6.00. The van der Waals surface area contributed by atoms with Crippen LogP contribution in [0.4, 0.5) is 5.69 Å². The number of hydrogen-bond acceptors (Lipinski definition) is 5. The topological polar surface area (TPSA) is 70.8 Å². The van der Waals surface area contributed by atoms with Crippen LogP contribution >= 0.6 is 0 Å². The number of hydrogen-bond donors (Lipinski definition) is 1. The van der Waals surface area contributed by atoms with Gasteiger partial charge in [-0.1, -0.05) is 6.07 Å². The number of methoxy groups -OCH3 is 1. The first kappa shape index (κ1) is 13.7. The zero-order valence-electron chi connectivity index (χ0n) is 11.0. The smallest absolute Gasteiger partial charge is 0.349 e. The lowest BCUT2D eigenvalue weighted by molar-refractivity contribution is -0.136. The minimum Gasteiger partial charge on any atom is -0.497 e. The molecule has 5 nitrogen and oxygen atoms in total. The molecule has 0 aromatic heterocycles. The van der Waals surface area contributed by atoms with Crippen LogP contribution in [0, 0.1) is 0 Å². The van der Waals surface area contributed by atoms with Gasteiger partial charge in [-0.25, -0.2) is 4.79 Å². The van der Waals surface area contributed by atoms with E-state index < -0.39 is 5.97 Å². The van der Waals surface area contributed by atoms with Crippen molar-refractivity contribution < 1.29 is 19.0 Å². The van der Waals surface area contributed by atoms with Crippen molar-refractivity contribution in [2.24, 2.45) is 0 Å². The molecule has 2 rings (SSSR count). The summed E-state index contributed by atoms with van der Waals surface area (Å²) in [5.41, 5.74) is 6.18. The number of nitrogen functional groups attached to an aromatic ring is 1. The maximum absolute atomic E-state index is 11.6. The Bertz CT molecular complexity index is 581. The van der Waals surface area contributed by atoms with Crippen LogP contribution in [0.25, 0.3) is 0 Å². The van der Waals surface area contributed by atoms with Gasteiger partial charge in [0.15, 0.2) is 6.61 Å². The quantitative estimate of drug-likeness (QED) is 0.514. The first-order chi connectivity index (χ1) is 9.67. The molecule has 20 heavy (non-hydrogen) atoms. The third-order valence-corrected chi connectivity index (χ3v) is 2.51. The third-order valence-electron chi connectivity index (χ3n) is 2.51. The van der Waals surface area contributed by atoms with E-state index in [-0.39, 0.29) is 6.61 Å². The van der Waals surface area contributed by atoms with E-state index in [0.717, 1.165) is 0 Å². The zero-order valence-corrected chi connectivity index (χ0v) is 11.0. The Morgan fingerprint density at radius 1 is 1.05 bits per heavy atom. The van der Waals surface area contributed by atoms with Crippen LogP contribution in [0.15, 0.2) is 48.5 Å². The number of carbonyl (C=O) groups is 1. The largest absolute Gasteiger partial charge is 0.497 e. The highest BCUT2D eigenvalue weighted by atomic mass is 16.6. The molecular weight excluding hydrogens is 258 g/mol. The molecule has 0 aliphatic carbocycles. The standard InChI is InChI=1S/C15H15NO4/c1-18-12-5-7-13(8-6-12)20-15(17)10-19-14-4-2-3-11(16)9-14/h2-9H,10,16H2,1H3. The lowest BCUT2D eigenvalue weighted by atomic mass is 10.3. The molecule has 2 N–H and O–H groups in total. The highest BCUT2D eigenvalue weighted by Crippen LogP contribution is 2.18. The molecule has 0 saturated carbocycles. The van der Waals surface area contributed by atoms with Crippen LogP contribution in [0.3, 0.4) is 0 Å². The van der Waals surface area contributed by atoms with Gasteiger partial charge < -0.3 is 19.9 Å². The SMILES string of the molecule is COc1ccc(OC(=O)COc2cccc(N)c2)cc1. The molecular formula is C15H15NO4. The predicted octanol–water partition coefficient (Wildman–Crippen LogP) is 2.26. The Hall–Kier alpha value is -2.69. The van der Waals surface area contributed by atoms with Crippen LogP contribution in [0.2, 0.25) is 0 Å². The number of nitrogens with two attached hydrogens (primary N) is 1. The summed E-state index contributed by atoms with van der Waals surface area (Å²) >= 11 is 0. The molecule has 0 radical (unpaired) electrons. The summed E-state index contributed by atoms with van der Waals surface area (Å²) in [5.74, 6) is 1.17. The molecule has 0 atom stereocenters. The van der Waals surface area contributed by atoms with Gasteiger partial charge in [0.25, 0.3) is 0 Å². The number of carbonyl (C=O) groups excluding carboxylic acids is 1. The Balaban J connectivity index is 1.85. The van der Waals surface area contributed by atoms with Crippen LogP contribution in [-0.2, 0) is 4.79 Å². The van der Waals surface area contributed by atoms with Crippen molar-refractivity contribution in [3.63, 3.8) is 0 Å². The summed E-state index contributed by atoms with van der Waals surface area (Å²) in [4.78, 5) is 11.6. The van der Waals surface area contributed by atoms with Gasteiger partial charge in [0.05, 0.1) is 7.11 Å². The normalized spacial score (nSPS) is 9.85. The van der Waals surface area contributed by atoms with E-state index in [1.165, 1.54) is 0 Å². The molecule has 0 amide bonds. The van der Waals surface area contributed by atoms with Crippen molar-refractivity contribution in [3.8, 4) is 17.2 Å². The van der Waals surface area contributed by atoms with Crippen molar-refractivity contribution in [2.45, 2.75) is 0 Å². The van der Waals surface area contributed by atoms with Gasteiger partial charge in [-0.05, 0) is 36.4 Å². The van der Waals surface area contributed by atoms with Gasteiger partial charge in [0, 0.05) is 11.8 Å². The second-order valence-corrected chi connectivity index (χ2v) is 4.01. The maximum Gasteiger partial charge on any atom is 0.349 e. The maximum atomic E-state index is 11.6. The number of anilines is 1. The minimum absolute atomic E-state index is 0.185. The summed E-state index contributed by atoms with van der Waals surface area (Å²) in [6, 6.07) is 13.6. The van der Waals surface area contributed by atoms with Gasteiger partial charge in [0.2, 0.25) is 0 Å². The van der Waals surface area contributed by atoms with Crippen molar-refractivity contribution in [1.82, 2.24) is 0 Å². The van der Waals surface area contributed by atoms with E-state index in [9.17, 15) is 4.79 Å². The van der Waals surface area contributed by atoms with Crippen molar-refractivity contribution >= 4 is 11.7 Å². The van der Waals surface area contributed by atoms with Crippen LogP contribution in [-0.4, -0.2) is 19.7 Å². The molecule has 0 unspecified atom stereocenters. The van der Waals surface area contributed by atoms with Gasteiger partial charge in [0.1, 0.15) is 17.2 Å². The molecule has 2 aromatic rings. The lowest BCUT2D eigenvalue weighted by Crippen LogP contribution is -2.17. The lowest BCUT2D eigenvalue weighted by Gasteiger charge is -2.07. The van der Waals surface area contributed by atoms with E-state index in [1.54, 1.807) is 55.6 Å². The average Bonchev–Trinajstić information content (AvgIpc) is 2.46. The van der Waals surface area contributed by atoms with Gasteiger partial charge >= 0.3 is 5.97 Å². The average molecular weight is 273 g/mol. The van der Waals surface area contributed by atoms with E-state index in [0.29, 0.717) is 22.9 Å². The Morgan fingerprint density at radius 3 is 2.40 bits per heavy atom. The second-order valence-electron chi connectivity index (χ2n) is 4.01. The van der Waals surface area contributed by atoms with Gasteiger partial charge in [-0.2, -0.15) is 0 Å². The number of benzene rings is 2. The molecule has 2 aromatic carbocycles. The van der Waals surface area contributed by atoms with E-state index in [1.807, 2.05) is 0 Å². The summed E-state index contributed by atoms with van der Waals surface area (Å²) in [6.07, 6.45) is 0. The highest BCUT2D eigenvalue weighted by molar-refractivity contribution is 5.74. The zero-order chi connectivity index (χ0) is 14.4. The third kappa shape index (κ3) is 3.91. The van der Waals surface area contributed by atoms with Crippen molar-refractivity contribution in [2.75, 3.05) is 19.5 Å². The summed E-state index contributed by atoms with van der Waals surface area (Å²) in [7, 11) is 1.57. The Kier molecular flexibility index (Phi) is 4.44. The van der Waals surface area contributed by atoms with Crippen molar-refractivity contribution in [3.05, 3.63) is 48.5 Å². The molecule has 0 fully saturated rings. The molecule has 104 valence electrons. The number of esters is 1. The summed E-state index contributed by atoms with van der Waals surface area (Å²) in [5, 5.41) is 0. The monoisotopic (exact) mass is 273 g/mol. The molecule has 0 spiro atoms. The molecule has 0 aliphatic rings. The summed E-state index contributed by atoms with van der Waals surface area (Å²) in [6.45, 7) is -0.185. The van der Waals surface area contributed by atoms with Crippen molar-refractivity contribution in [1.29, 1.82) is 0 Å². The van der Waals surface area contributed by atoms with Crippen LogP contribution in [0.1, 0.15) is 0 Å². The molecule has 0 bridgehead atoms. The number of ether oxygens (including phenoxy) is 3. The summed E-state index contributed by atoms with van der Waals surface area (Å²) < 4.78 is 15.4. The predicted molar refractivity (Wildman–Crippen MR) is 75.0 cm³/mol. The fraction of sp³-hybridized carbons (Fsp3) is 0.133.